The summed E-state index contributed by atoms with van der Waals surface area (Å²) in [6.45, 7) is 2.99. The average Bonchev–Trinajstić information content (AvgIpc) is 3.17. The van der Waals surface area contributed by atoms with E-state index in [9.17, 15) is 9.18 Å². The van der Waals surface area contributed by atoms with Crippen LogP contribution < -0.4 is 15.4 Å². The minimum atomic E-state index is -0.520. The Hall–Kier alpha value is -3.75. The Kier molecular flexibility index (Phi) is 5.92. The molecule has 0 aliphatic carbocycles. The Bertz CT molecular complexity index is 1240. The van der Waals surface area contributed by atoms with E-state index >= 15 is 0 Å². The second kappa shape index (κ2) is 8.95. The maximum atomic E-state index is 13.6. The third kappa shape index (κ3) is 4.25. The molecule has 9 heteroatoms. The summed E-state index contributed by atoms with van der Waals surface area (Å²) in [4.78, 5) is 16.7. The van der Waals surface area contributed by atoms with Crippen molar-refractivity contribution in [2.45, 2.75) is 19.8 Å². The smallest absolute Gasteiger partial charge is 0.254 e. The van der Waals surface area contributed by atoms with Gasteiger partial charge in [-0.05, 0) is 44.0 Å². The molecule has 2 N–H and O–H groups in total. The number of nitrogens with one attached hydrogen (secondary N) is 2. The van der Waals surface area contributed by atoms with E-state index in [1.165, 1.54) is 12.1 Å². The first-order valence-corrected chi connectivity index (χ1v) is 10.0. The van der Waals surface area contributed by atoms with Gasteiger partial charge in [-0.2, -0.15) is 0 Å². The molecule has 0 aliphatic heterocycles. The van der Waals surface area contributed by atoms with Gasteiger partial charge in [0, 0.05) is 19.2 Å². The molecule has 0 atom stereocenters. The van der Waals surface area contributed by atoms with Crippen LogP contribution in [0.2, 0.25) is 0 Å². The number of halogens is 1. The number of amides is 1. The van der Waals surface area contributed by atoms with Crippen molar-refractivity contribution in [2.75, 3.05) is 25.5 Å². The number of hydrogen-bond acceptors (Lipinski definition) is 6. The number of methoxy groups -OCH3 is 1. The number of carbonyl (C=O) groups excluding carboxylic acids is 1. The highest BCUT2D eigenvalue weighted by Crippen LogP contribution is 2.25. The van der Waals surface area contributed by atoms with Crippen LogP contribution in [0, 0.1) is 12.7 Å². The zero-order chi connectivity index (χ0) is 21.8. The molecule has 0 spiro atoms. The van der Waals surface area contributed by atoms with Crippen molar-refractivity contribution in [1.29, 1.82) is 0 Å². The van der Waals surface area contributed by atoms with Crippen LogP contribution in [0.4, 0.5) is 10.2 Å². The van der Waals surface area contributed by atoms with Gasteiger partial charge in [0.05, 0.1) is 23.7 Å². The molecule has 2 aromatic heterocycles. The van der Waals surface area contributed by atoms with Gasteiger partial charge in [0.1, 0.15) is 17.4 Å². The summed E-state index contributed by atoms with van der Waals surface area (Å²) in [5.74, 6) is 1.20. The number of benzene rings is 2. The van der Waals surface area contributed by atoms with Crippen LogP contribution in [0.5, 0.6) is 5.75 Å². The van der Waals surface area contributed by atoms with E-state index in [2.05, 4.69) is 20.8 Å². The van der Waals surface area contributed by atoms with E-state index in [1.54, 1.807) is 19.2 Å². The van der Waals surface area contributed by atoms with Crippen LogP contribution in [0.3, 0.4) is 0 Å². The van der Waals surface area contributed by atoms with Gasteiger partial charge in [0.25, 0.3) is 5.91 Å². The number of nitrogens with zero attached hydrogens (tertiary/aromatic N) is 4. The quantitative estimate of drug-likeness (QED) is 0.423. The summed E-state index contributed by atoms with van der Waals surface area (Å²) >= 11 is 0. The number of rotatable bonds is 8. The van der Waals surface area contributed by atoms with Crippen molar-refractivity contribution >= 4 is 28.4 Å². The molecule has 0 saturated heterocycles. The summed E-state index contributed by atoms with van der Waals surface area (Å²) in [5.41, 5.74) is 2.39. The first-order chi connectivity index (χ1) is 15.1. The van der Waals surface area contributed by atoms with Gasteiger partial charge < -0.3 is 15.4 Å². The highest BCUT2D eigenvalue weighted by atomic mass is 19.1. The molecule has 2 aromatic carbocycles. The standard InChI is InChI=1S/C22H23FN6O2/c1-14-27-28-21-20(26-18-13-15(31-2)9-10-19(18)29(14)21)24-11-5-6-12-25-22(30)16-7-3-4-8-17(16)23/h3-4,7-10,13H,5-6,11-12H2,1-2H3,(H,24,26)(H,25,30). The molecule has 0 unspecified atom stereocenters. The second-order valence-electron chi connectivity index (χ2n) is 7.09. The van der Waals surface area contributed by atoms with E-state index in [0.717, 1.165) is 35.4 Å². The number of aromatic nitrogens is 4. The van der Waals surface area contributed by atoms with Crippen molar-refractivity contribution < 1.29 is 13.9 Å². The predicted molar refractivity (Wildman–Crippen MR) is 116 cm³/mol. The van der Waals surface area contributed by atoms with Crippen molar-refractivity contribution in [1.82, 2.24) is 24.9 Å². The van der Waals surface area contributed by atoms with Gasteiger partial charge in [-0.3, -0.25) is 9.20 Å². The van der Waals surface area contributed by atoms with Crippen molar-refractivity contribution in [3.8, 4) is 5.75 Å². The number of carbonyl (C=O) groups is 1. The van der Waals surface area contributed by atoms with E-state index < -0.39 is 11.7 Å². The Morgan fingerprint density at radius 1 is 1.13 bits per heavy atom. The van der Waals surface area contributed by atoms with E-state index in [1.807, 2.05) is 29.5 Å². The summed E-state index contributed by atoms with van der Waals surface area (Å²) in [5, 5.41) is 14.5. The topological polar surface area (TPSA) is 93.4 Å². The Morgan fingerprint density at radius 2 is 1.94 bits per heavy atom. The summed E-state index contributed by atoms with van der Waals surface area (Å²) in [7, 11) is 1.62. The number of aryl methyl sites for hydroxylation is 1. The van der Waals surface area contributed by atoms with Crippen LogP contribution >= 0.6 is 0 Å². The molecule has 0 aliphatic rings. The monoisotopic (exact) mass is 422 g/mol. The van der Waals surface area contributed by atoms with Crippen LogP contribution in [0.1, 0.15) is 29.0 Å². The van der Waals surface area contributed by atoms with Crippen LogP contribution in [0.15, 0.2) is 42.5 Å². The van der Waals surface area contributed by atoms with Gasteiger partial charge in [-0.15, -0.1) is 10.2 Å². The van der Waals surface area contributed by atoms with Gasteiger partial charge in [0.2, 0.25) is 5.65 Å². The van der Waals surface area contributed by atoms with Crippen molar-refractivity contribution in [3.05, 3.63) is 59.7 Å². The largest absolute Gasteiger partial charge is 0.497 e. The van der Waals surface area contributed by atoms with Gasteiger partial charge >= 0.3 is 0 Å². The van der Waals surface area contributed by atoms with E-state index in [-0.39, 0.29) is 5.56 Å². The number of unbranched alkanes of at least 4 members (excludes halogenated alkanes) is 1. The van der Waals surface area contributed by atoms with Crippen LogP contribution in [-0.2, 0) is 0 Å². The molecule has 4 aromatic rings. The second-order valence-corrected chi connectivity index (χ2v) is 7.09. The van der Waals surface area contributed by atoms with E-state index in [4.69, 9.17) is 9.72 Å². The van der Waals surface area contributed by atoms with Gasteiger partial charge in [0.15, 0.2) is 5.82 Å². The highest BCUT2D eigenvalue weighted by Gasteiger charge is 2.14. The predicted octanol–water partition coefficient (Wildman–Crippen LogP) is 3.36. The highest BCUT2D eigenvalue weighted by molar-refractivity contribution is 5.94. The molecule has 2 heterocycles. The molecule has 0 fully saturated rings. The molecular weight excluding hydrogens is 399 g/mol. The molecule has 0 radical (unpaired) electrons. The SMILES string of the molecule is COc1ccc2c(c1)nc(NCCCCNC(=O)c1ccccc1F)c1nnc(C)n12. The van der Waals surface area contributed by atoms with Gasteiger partial charge in [-0.1, -0.05) is 12.1 Å². The van der Waals surface area contributed by atoms with Crippen LogP contribution in [-0.4, -0.2) is 45.7 Å². The molecule has 1 amide bonds. The molecule has 160 valence electrons. The minimum absolute atomic E-state index is 0.0565. The maximum Gasteiger partial charge on any atom is 0.254 e. The zero-order valence-corrected chi connectivity index (χ0v) is 17.4. The van der Waals surface area contributed by atoms with Gasteiger partial charge in [-0.25, -0.2) is 9.37 Å². The lowest BCUT2D eigenvalue weighted by atomic mass is 10.2. The summed E-state index contributed by atoms with van der Waals surface area (Å²) < 4.78 is 20.9. The fourth-order valence-electron chi connectivity index (χ4n) is 3.40. The fourth-order valence-corrected chi connectivity index (χ4v) is 3.40. The Labute approximate surface area is 178 Å². The maximum absolute atomic E-state index is 13.6. The summed E-state index contributed by atoms with van der Waals surface area (Å²) in [6, 6.07) is 11.6. The first kappa shape index (κ1) is 20.5. The molecule has 4 rings (SSSR count). The number of anilines is 1. The lowest BCUT2D eigenvalue weighted by molar-refractivity contribution is 0.0949. The van der Waals surface area contributed by atoms with Crippen molar-refractivity contribution in [3.63, 3.8) is 0 Å². The third-order valence-corrected chi connectivity index (χ3v) is 4.99. The number of fused-ring (bicyclic) bond motifs is 3. The average molecular weight is 422 g/mol. The Morgan fingerprint density at radius 3 is 2.74 bits per heavy atom. The van der Waals surface area contributed by atoms with E-state index in [0.29, 0.717) is 24.6 Å². The lowest BCUT2D eigenvalue weighted by Gasteiger charge is -2.11. The van der Waals surface area contributed by atoms with Crippen LogP contribution in [0.25, 0.3) is 16.7 Å². The molecule has 31 heavy (non-hydrogen) atoms. The fraction of sp³-hybridized carbons (Fsp3) is 0.273. The Balaban J connectivity index is 1.37. The minimum Gasteiger partial charge on any atom is -0.497 e. The first-order valence-electron chi connectivity index (χ1n) is 10.0. The molecular formula is C22H23FN6O2. The zero-order valence-electron chi connectivity index (χ0n) is 17.4. The summed E-state index contributed by atoms with van der Waals surface area (Å²) in [6.07, 6.45) is 1.52. The third-order valence-electron chi connectivity index (χ3n) is 4.99. The normalized spacial score (nSPS) is 11.1. The molecule has 8 nitrogen and oxygen atoms in total. The molecule has 0 saturated carbocycles. The molecule has 0 bridgehead atoms. The number of hydrogen-bond donors (Lipinski definition) is 2. The lowest BCUT2D eigenvalue weighted by Crippen LogP contribution is -2.25. The van der Waals surface area contributed by atoms with Crippen molar-refractivity contribution in [2.24, 2.45) is 0 Å². The number of ether oxygens (including phenoxy) is 1.